The van der Waals surface area contributed by atoms with E-state index in [1.165, 1.54) is 6.26 Å². The molecule has 90 valence electrons. The second kappa shape index (κ2) is 4.86. The lowest BCUT2D eigenvalue weighted by Crippen LogP contribution is -2.12. The molecule has 5 heteroatoms. The molecule has 0 aliphatic carbocycles. The molecule has 2 aromatic rings. The van der Waals surface area contributed by atoms with Crippen LogP contribution in [0.4, 0.5) is 5.82 Å². The molecule has 0 aromatic carbocycles. The predicted octanol–water partition coefficient (Wildman–Crippen LogP) is 2.52. The van der Waals surface area contributed by atoms with Crippen LogP contribution in [-0.4, -0.2) is 16.1 Å². The highest BCUT2D eigenvalue weighted by atomic mass is 16.3. The summed E-state index contributed by atoms with van der Waals surface area (Å²) in [4.78, 5) is 11.8. The second-order valence-electron chi connectivity index (χ2n) is 3.87. The molecule has 0 saturated heterocycles. The first kappa shape index (κ1) is 11.4. The average molecular weight is 233 g/mol. The third-order valence-electron chi connectivity index (χ3n) is 2.50. The highest BCUT2D eigenvalue weighted by molar-refractivity contribution is 6.04. The minimum atomic E-state index is -0.203. The number of carbonyl (C=O) groups is 1. The smallest absolute Gasteiger partial charge is 0.260 e. The number of hydrogen-bond acceptors (Lipinski definition) is 3. The minimum Gasteiger partial charge on any atom is -0.469 e. The lowest BCUT2D eigenvalue weighted by molar-refractivity contribution is 0.102. The number of amides is 1. The van der Waals surface area contributed by atoms with E-state index < -0.39 is 0 Å². The van der Waals surface area contributed by atoms with Gasteiger partial charge < -0.3 is 9.73 Å². The van der Waals surface area contributed by atoms with Crippen LogP contribution in [0.15, 0.2) is 22.8 Å². The number of aromatic amines is 1. The van der Waals surface area contributed by atoms with Gasteiger partial charge in [-0.25, -0.2) is 0 Å². The Balaban J connectivity index is 2.05. The number of anilines is 1. The first-order chi connectivity index (χ1) is 8.20. The average Bonchev–Trinajstić information content (AvgIpc) is 2.88. The largest absolute Gasteiger partial charge is 0.469 e. The number of H-pyrrole nitrogens is 1. The van der Waals surface area contributed by atoms with Crippen molar-refractivity contribution in [2.24, 2.45) is 0 Å². The summed E-state index contributed by atoms with van der Waals surface area (Å²) < 4.78 is 5.08. The normalized spacial score (nSPS) is 10.5. The summed E-state index contributed by atoms with van der Waals surface area (Å²) in [5.74, 6) is 0.941. The molecule has 17 heavy (non-hydrogen) atoms. The van der Waals surface area contributed by atoms with Gasteiger partial charge in [0.25, 0.3) is 5.91 Å². The Kier molecular flexibility index (Phi) is 3.27. The maximum atomic E-state index is 11.8. The lowest BCUT2D eigenvalue weighted by atomic mass is 10.2. The van der Waals surface area contributed by atoms with Crippen LogP contribution in [0.3, 0.4) is 0 Å². The van der Waals surface area contributed by atoms with Gasteiger partial charge in [-0.1, -0.05) is 13.3 Å². The van der Waals surface area contributed by atoms with Gasteiger partial charge in [-0.2, -0.15) is 5.10 Å². The summed E-state index contributed by atoms with van der Waals surface area (Å²) in [6.45, 7) is 3.84. The van der Waals surface area contributed by atoms with E-state index in [1.54, 1.807) is 13.0 Å². The van der Waals surface area contributed by atoms with Crippen LogP contribution >= 0.6 is 0 Å². The van der Waals surface area contributed by atoms with Crippen molar-refractivity contribution in [3.05, 3.63) is 35.4 Å². The third-order valence-corrected chi connectivity index (χ3v) is 2.50. The van der Waals surface area contributed by atoms with Gasteiger partial charge in [-0.15, -0.1) is 0 Å². The molecule has 5 nitrogen and oxygen atoms in total. The van der Waals surface area contributed by atoms with Crippen molar-refractivity contribution in [2.75, 3.05) is 5.32 Å². The first-order valence-corrected chi connectivity index (χ1v) is 5.60. The van der Waals surface area contributed by atoms with Crippen LogP contribution in [0, 0.1) is 6.92 Å². The van der Waals surface area contributed by atoms with Crippen LogP contribution in [0.2, 0.25) is 0 Å². The lowest BCUT2D eigenvalue weighted by Gasteiger charge is -1.99. The van der Waals surface area contributed by atoms with E-state index in [0.29, 0.717) is 17.1 Å². The molecule has 1 amide bonds. The summed E-state index contributed by atoms with van der Waals surface area (Å²) in [5, 5.41) is 9.63. The molecule has 0 radical (unpaired) electrons. The van der Waals surface area contributed by atoms with E-state index in [-0.39, 0.29) is 5.91 Å². The number of nitrogens with one attached hydrogen (secondary N) is 2. The zero-order valence-electron chi connectivity index (χ0n) is 9.91. The first-order valence-electron chi connectivity index (χ1n) is 5.60. The Labute approximate surface area is 99.2 Å². The summed E-state index contributed by atoms with van der Waals surface area (Å²) in [7, 11) is 0. The number of nitrogens with zero attached hydrogens (tertiary/aromatic N) is 1. The zero-order valence-corrected chi connectivity index (χ0v) is 9.91. The number of furan rings is 1. The van der Waals surface area contributed by atoms with Crippen molar-refractivity contribution in [3.8, 4) is 0 Å². The molecular weight excluding hydrogens is 218 g/mol. The standard InChI is InChI=1S/C12H15N3O2/c1-3-4-9-7-11(15-14-9)13-12(16)10-5-6-17-8(10)2/h5-7H,3-4H2,1-2H3,(H2,13,14,15,16). The molecule has 0 atom stereocenters. The summed E-state index contributed by atoms with van der Waals surface area (Å²) >= 11 is 0. The van der Waals surface area contributed by atoms with Gasteiger partial charge in [0, 0.05) is 11.8 Å². The van der Waals surface area contributed by atoms with E-state index in [1.807, 2.05) is 6.07 Å². The number of carbonyl (C=O) groups excluding carboxylic acids is 1. The number of rotatable bonds is 4. The number of aromatic nitrogens is 2. The predicted molar refractivity (Wildman–Crippen MR) is 64.0 cm³/mol. The third kappa shape index (κ3) is 2.55. The molecular formula is C12H15N3O2. The van der Waals surface area contributed by atoms with E-state index in [0.717, 1.165) is 18.5 Å². The SMILES string of the molecule is CCCc1cc(NC(=O)c2ccoc2C)n[nH]1. The van der Waals surface area contributed by atoms with Gasteiger partial charge in [0.1, 0.15) is 5.76 Å². The minimum absolute atomic E-state index is 0.203. The summed E-state index contributed by atoms with van der Waals surface area (Å²) in [6.07, 6.45) is 3.46. The molecule has 2 heterocycles. The van der Waals surface area contributed by atoms with Crippen molar-refractivity contribution < 1.29 is 9.21 Å². The van der Waals surface area contributed by atoms with Crippen LogP contribution < -0.4 is 5.32 Å². The Hall–Kier alpha value is -2.04. The summed E-state index contributed by atoms with van der Waals surface area (Å²) in [6, 6.07) is 3.49. The van der Waals surface area contributed by atoms with Crippen molar-refractivity contribution in [1.29, 1.82) is 0 Å². The molecule has 2 N–H and O–H groups in total. The molecule has 0 aliphatic heterocycles. The van der Waals surface area contributed by atoms with Gasteiger partial charge in [-0.3, -0.25) is 9.89 Å². The highest BCUT2D eigenvalue weighted by Gasteiger charge is 2.12. The van der Waals surface area contributed by atoms with Crippen molar-refractivity contribution >= 4 is 11.7 Å². The van der Waals surface area contributed by atoms with Gasteiger partial charge >= 0.3 is 0 Å². The molecule has 2 aromatic heterocycles. The Morgan fingerprint density at radius 3 is 3.06 bits per heavy atom. The molecule has 0 fully saturated rings. The fourth-order valence-corrected chi connectivity index (χ4v) is 1.63. The van der Waals surface area contributed by atoms with Crippen LogP contribution in [0.5, 0.6) is 0 Å². The highest BCUT2D eigenvalue weighted by Crippen LogP contribution is 2.12. The fraction of sp³-hybridized carbons (Fsp3) is 0.333. The van der Waals surface area contributed by atoms with Crippen LogP contribution in [0.25, 0.3) is 0 Å². The quantitative estimate of drug-likeness (QED) is 0.852. The Morgan fingerprint density at radius 2 is 2.41 bits per heavy atom. The number of aryl methyl sites for hydroxylation is 2. The second-order valence-corrected chi connectivity index (χ2v) is 3.87. The summed E-state index contributed by atoms with van der Waals surface area (Å²) in [5.41, 5.74) is 1.55. The van der Waals surface area contributed by atoms with E-state index in [4.69, 9.17) is 4.42 Å². The molecule has 0 spiro atoms. The van der Waals surface area contributed by atoms with Crippen molar-refractivity contribution in [2.45, 2.75) is 26.7 Å². The fourth-order valence-electron chi connectivity index (χ4n) is 1.63. The maximum Gasteiger partial charge on any atom is 0.260 e. The zero-order chi connectivity index (χ0) is 12.3. The van der Waals surface area contributed by atoms with Gasteiger partial charge in [-0.05, 0) is 19.4 Å². The Morgan fingerprint density at radius 1 is 1.59 bits per heavy atom. The molecule has 2 rings (SSSR count). The molecule has 0 saturated carbocycles. The van der Waals surface area contributed by atoms with Gasteiger partial charge in [0.2, 0.25) is 0 Å². The number of hydrogen-bond donors (Lipinski definition) is 2. The monoisotopic (exact) mass is 233 g/mol. The van der Waals surface area contributed by atoms with Crippen LogP contribution in [-0.2, 0) is 6.42 Å². The van der Waals surface area contributed by atoms with E-state index >= 15 is 0 Å². The van der Waals surface area contributed by atoms with Gasteiger partial charge in [0.15, 0.2) is 5.82 Å². The molecule has 0 bridgehead atoms. The van der Waals surface area contributed by atoms with Gasteiger partial charge in [0.05, 0.1) is 11.8 Å². The topological polar surface area (TPSA) is 70.9 Å². The van der Waals surface area contributed by atoms with Crippen molar-refractivity contribution in [3.63, 3.8) is 0 Å². The Bertz CT molecular complexity index is 513. The van der Waals surface area contributed by atoms with E-state index in [9.17, 15) is 4.79 Å². The molecule has 0 unspecified atom stereocenters. The van der Waals surface area contributed by atoms with Crippen molar-refractivity contribution in [1.82, 2.24) is 10.2 Å². The molecule has 0 aliphatic rings. The van der Waals surface area contributed by atoms with E-state index in [2.05, 4.69) is 22.4 Å². The van der Waals surface area contributed by atoms with Crippen LogP contribution in [0.1, 0.15) is 35.2 Å². The maximum absolute atomic E-state index is 11.8.